The van der Waals surface area contributed by atoms with E-state index in [1.807, 2.05) is 0 Å². The summed E-state index contributed by atoms with van der Waals surface area (Å²) in [4.78, 5) is 14.2. The quantitative estimate of drug-likeness (QED) is 0.821. The minimum Gasteiger partial charge on any atom is -0.461 e. The van der Waals surface area contributed by atoms with Crippen molar-refractivity contribution in [3.63, 3.8) is 0 Å². The van der Waals surface area contributed by atoms with E-state index < -0.39 is 11.8 Å². The summed E-state index contributed by atoms with van der Waals surface area (Å²) in [7, 11) is 0. The Morgan fingerprint density at radius 3 is 3.00 bits per heavy atom. The van der Waals surface area contributed by atoms with Crippen LogP contribution in [0.5, 0.6) is 0 Å². The predicted molar refractivity (Wildman–Crippen MR) is 59.2 cm³/mol. The fourth-order valence-electron chi connectivity index (χ4n) is 1.46. The second-order valence-electron chi connectivity index (χ2n) is 3.23. The molecule has 0 aliphatic heterocycles. The summed E-state index contributed by atoms with van der Waals surface area (Å²) in [6.07, 6.45) is 0. The Morgan fingerprint density at radius 2 is 2.31 bits per heavy atom. The maximum absolute atomic E-state index is 13.1. The number of fused-ring (bicyclic) bond motifs is 1. The molecule has 0 amide bonds. The van der Waals surface area contributed by atoms with Gasteiger partial charge in [-0.15, -0.1) is 0 Å². The molecule has 0 fully saturated rings. The van der Waals surface area contributed by atoms with Gasteiger partial charge in [-0.3, -0.25) is 0 Å². The van der Waals surface area contributed by atoms with Crippen molar-refractivity contribution in [3.8, 4) is 0 Å². The van der Waals surface area contributed by atoms with Crippen LogP contribution in [0, 0.1) is 5.82 Å². The van der Waals surface area contributed by atoms with Crippen LogP contribution < -0.4 is 0 Å². The summed E-state index contributed by atoms with van der Waals surface area (Å²) in [6, 6.07) is 4.26. The SMILES string of the molecule is CCOC(=O)c1cc2c(Cl)c(F)ccc2[nH]1. The Hall–Kier alpha value is -1.55. The molecule has 0 spiro atoms. The van der Waals surface area contributed by atoms with Gasteiger partial charge < -0.3 is 9.72 Å². The molecule has 1 aromatic carbocycles. The van der Waals surface area contributed by atoms with Crippen LogP contribution in [0.15, 0.2) is 18.2 Å². The molecule has 0 radical (unpaired) electrons. The zero-order valence-electron chi connectivity index (χ0n) is 8.51. The average Bonchev–Trinajstić information content (AvgIpc) is 2.69. The molecule has 0 atom stereocenters. The first-order valence-electron chi connectivity index (χ1n) is 4.77. The molecule has 1 heterocycles. The van der Waals surface area contributed by atoms with Gasteiger partial charge in [0, 0.05) is 10.9 Å². The van der Waals surface area contributed by atoms with E-state index in [1.165, 1.54) is 18.2 Å². The minimum atomic E-state index is -0.511. The monoisotopic (exact) mass is 241 g/mol. The van der Waals surface area contributed by atoms with Crippen LogP contribution in [-0.4, -0.2) is 17.6 Å². The Balaban J connectivity index is 2.52. The van der Waals surface area contributed by atoms with Gasteiger partial charge in [0.15, 0.2) is 0 Å². The molecule has 84 valence electrons. The Bertz CT molecular complexity index is 550. The van der Waals surface area contributed by atoms with Gasteiger partial charge in [0.25, 0.3) is 0 Å². The van der Waals surface area contributed by atoms with Gasteiger partial charge in [0.2, 0.25) is 0 Å². The second kappa shape index (κ2) is 4.14. The molecule has 2 aromatic rings. The summed E-state index contributed by atoms with van der Waals surface area (Å²) < 4.78 is 18.0. The molecule has 0 saturated heterocycles. The molecule has 5 heteroatoms. The standard InChI is InChI=1S/C11H9ClFNO2/c1-2-16-11(15)9-5-6-8(14-9)4-3-7(13)10(6)12/h3-5,14H,2H2,1H3. The lowest BCUT2D eigenvalue weighted by Crippen LogP contribution is -2.04. The topological polar surface area (TPSA) is 42.1 Å². The number of halogens is 2. The van der Waals surface area contributed by atoms with E-state index in [9.17, 15) is 9.18 Å². The number of ether oxygens (including phenoxy) is 1. The molecule has 2 rings (SSSR count). The molecule has 1 N–H and O–H groups in total. The number of rotatable bonds is 2. The highest BCUT2D eigenvalue weighted by molar-refractivity contribution is 6.35. The third-order valence-electron chi connectivity index (χ3n) is 2.19. The number of hydrogen-bond acceptors (Lipinski definition) is 2. The maximum atomic E-state index is 13.1. The van der Waals surface area contributed by atoms with Gasteiger partial charge in [-0.2, -0.15) is 0 Å². The van der Waals surface area contributed by atoms with E-state index in [1.54, 1.807) is 6.92 Å². The van der Waals surface area contributed by atoms with Crippen molar-refractivity contribution in [2.75, 3.05) is 6.61 Å². The highest BCUT2D eigenvalue weighted by Crippen LogP contribution is 2.27. The number of carbonyl (C=O) groups is 1. The summed E-state index contributed by atoms with van der Waals surface area (Å²) in [6.45, 7) is 2.00. The Morgan fingerprint density at radius 1 is 1.56 bits per heavy atom. The molecule has 16 heavy (non-hydrogen) atoms. The van der Waals surface area contributed by atoms with E-state index in [0.29, 0.717) is 10.9 Å². The largest absolute Gasteiger partial charge is 0.461 e. The number of esters is 1. The van der Waals surface area contributed by atoms with Gasteiger partial charge in [0.1, 0.15) is 11.5 Å². The van der Waals surface area contributed by atoms with Crippen molar-refractivity contribution in [1.29, 1.82) is 0 Å². The molecule has 0 saturated carbocycles. The van der Waals surface area contributed by atoms with Crippen LogP contribution in [0.3, 0.4) is 0 Å². The zero-order valence-corrected chi connectivity index (χ0v) is 9.27. The number of carbonyl (C=O) groups excluding carboxylic acids is 1. The normalized spacial score (nSPS) is 10.7. The predicted octanol–water partition coefficient (Wildman–Crippen LogP) is 3.14. The number of H-pyrrole nitrogens is 1. The first-order chi connectivity index (χ1) is 7.63. The van der Waals surface area contributed by atoms with Crippen LogP contribution in [0.25, 0.3) is 10.9 Å². The number of aromatic amines is 1. The van der Waals surface area contributed by atoms with Gasteiger partial charge in [-0.25, -0.2) is 9.18 Å². The van der Waals surface area contributed by atoms with Crippen molar-refractivity contribution in [2.24, 2.45) is 0 Å². The first kappa shape index (κ1) is 11.0. The van der Waals surface area contributed by atoms with Crippen molar-refractivity contribution in [2.45, 2.75) is 6.92 Å². The maximum Gasteiger partial charge on any atom is 0.354 e. The molecular weight excluding hydrogens is 233 g/mol. The minimum absolute atomic E-state index is 0.00398. The van der Waals surface area contributed by atoms with Crippen molar-refractivity contribution >= 4 is 28.5 Å². The summed E-state index contributed by atoms with van der Waals surface area (Å²) in [5.74, 6) is -0.987. The van der Waals surface area contributed by atoms with Crippen molar-refractivity contribution in [1.82, 2.24) is 4.98 Å². The molecular formula is C11H9ClFNO2. The zero-order chi connectivity index (χ0) is 11.7. The van der Waals surface area contributed by atoms with E-state index in [2.05, 4.69) is 4.98 Å². The summed E-state index contributed by atoms with van der Waals surface area (Å²) >= 11 is 5.77. The third kappa shape index (κ3) is 1.76. The number of aromatic nitrogens is 1. The average molecular weight is 242 g/mol. The molecule has 0 bridgehead atoms. The number of benzene rings is 1. The van der Waals surface area contributed by atoms with Gasteiger partial charge in [0.05, 0.1) is 11.6 Å². The van der Waals surface area contributed by atoms with E-state index in [-0.39, 0.29) is 17.3 Å². The molecule has 0 unspecified atom stereocenters. The third-order valence-corrected chi connectivity index (χ3v) is 2.57. The van der Waals surface area contributed by atoms with Crippen LogP contribution >= 0.6 is 11.6 Å². The highest BCUT2D eigenvalue weighted by atomic mass is 35.5. The van der Waals surface area contributed by atoms with Gasteiger partial charge >= 0.3 is 5.97 Å². The van der Waals surface area contributed by atoms with Crippen LogP contribution in [0.1, 0.15) is 17.4 Å². The molecule has 1 aromatic heterocycles. The Labute approximate surface area is 96.2 Å². The molecule has 0 aliphatic carbocycles. The van der Waals surface area contributed by atoms with Crippen molar-refractivity contribution in [3.05, 3.63) is 34.7 Å². The smallest absolute Gasteiger partial charge is 0.354 e. The fourth-order valence-corrected chi connectivity index (χ4v) is 1.68. The van der Waals surface area contributed by atoms with E-state index in [0.717, 1.165) is 0 Å². The molecule has 0 aliphatic rings. The van der Waals surface area contributed by atoms with E-state index in [4.69, 9.17) is 16.3 Å². The van der Waals surface area contributed by atoms with Crippen molar-refractivity contribution < 1.29 is 13.9 Å². The summed E-state index contributed by atoms with van der Waals surface area (Å²) in [5.41, 5.74) is 0.874. The van der Waals surface area contributed by atoms with Gasteiger partial charge in [-0.05, 0) is 25.1 Å². The first-order valence-corrected chi connectivity index (χ1v) is 5.15. The van der Waals surface area contributed by atoms with Gasteiger partial charge in [-0.1, -0.05) is 11.6 Å². The lowest BCUT2D eigenvalue weighted by molar-refractivity contribution is 0.0520. The number of hydrogen-bond donors (Lipinski definition) is 1. The highest BCUT2D eigenvalue weighted by Gasteiger charge is 2.13. The molecule has 3 nitrogen and oxygen atoms in total. The fraction of sp³-hybridized carbons (Fsp3) is 0.182. The summed E-state index contributed by atoms with van der Waals surface area (Å²) in [5, 5.41) is 0.481. The van der Waals surface area contributed by atoms with Crippen LogP contribution in [-0.2, 0) is 4.74 Å². The van der Waals surface area contributed by atoms with Crippen LogP contribution in [0.4, 0.5) is 4.39 Å². The van der Waals surface area contributed by atoms with E-state index >= 15 is 0 Å². The Kier molecular flexibility index (Phi) is 2.83. The lowest BCUT2D eigenvalue weighted by atomic mass is 10.2. The van der Waals surface area contributed by atoms with Crippen LogP contribution in [0.2, 0.25) is 5.02 Å². The lowest BCUT2D eigenvalue weighted by Gasteiger charge is -1.96. The second-order valence-corrected chi connectivity index (χ2v) is 3.60. The number of nitrogens with one attached hydrogen (secondary N) is 1.